The van der Waals surface area contributed by atoms with Gasteiger partial charge in [0.1, 0.15) is 10.8 Å². The van der Waals surface area contributed by atoms with E-state index in [0.717, 1.165) is 12.1 Å². The van der Waals surface area contributed by atoms with Crippen LogP contribution in [0.3, 0.4) is 0 Å². The number of aromatic nitrogens is 1. The molecule has 1 heterocycles. The fourth-order valence-electron chi connectivity index (χ4n) is 1.82. The van der Waals surface area contributed by atoms with E-state index in [1.165, 1.54) is 12.8 Å². The second-order valence-corrected chi connectivity index (χ2v) is 5.63. The average molecular weight is 309 g/mol. The number of para-hydroxylation sites is 1. The van der Waals surface area contributed by atoms with Gasteiger partial charge >= 0.3 is 0 Å². The first kappa shape index (κ1) is 13.7. The lowest BCUT2D eigenvalue weighted by molar-refractivity contribution is 0.463. The zero-order valence-electron chi connectivity index (χ0n) is 10.8. The van der Waals surface area contributed by atoms with Crippen LogP contribution in [0, 0.1) is 0 Å². The van der Waals surface area contributed by atoms with Gasteiger partial charge in [-0.2, -0.15) is 0 Å². The van der Waals surface area contributed by atoms with E-state index in [4.69, 9.17) is 27.9 Å². The molecular weight excluding hydrogens is 295 g/mol. The summed E-state index contributed by atoms with van der Waals surface area (Å²) in [5, 5.41) is 4.44. The Morgan fingerprint density at radius 3 is 2.70 bits per heavy atom. The highest BCUT2D eigenvalue weighted by molar-refractivity contribution is 6.32. The Labute approximate surface area is 127 Å². The summed E-state index contributed by atoms with van der Waals surface area (Å²) in [5.41, 5.74) is 1.05. The predicted octanol–water partition coefficient (Wildman–Crippen LogP) is 4.43. The summed E-state index contributed by atoms with van der Waals surface area (Å²) in [5.74, 6) is 0.919. The van der Waals surface area contributed by atoms with Gasteiger partial charge in [-0.15, -0.1) is 0 Å². The monoisotopic (exact) mass is 308 g/mol. The van der Waals surface area contributed by atoms with Crippen LogP contribution in [0.15, 0.2) is 36.5 Å². The van der Waals surface area contributed by atoms with Crippen LogP contribution in [0.25, 0.3) is 0 Å². The highest BCUT2D eigenvalue weighted by Gasteiger charge is 2.20. The summed E-state index contributed by atoms with van der Waals surface area (Å²) in [6, 6.07) is 9.77. The minimum atomic E-state index is 0.370. The van der Waals surface area contributed by atoms with Crippen molar-refractivity contribution in [3.8, 4) is 11.6 Å². The van der Waals surface area contributed by atoms with Crippen LogP contribution in [0.4, 0.5) is 0 Å². The van der Waals surface area contributed by atoms with E-state index >= 15 is 0 Å². The van der Waals surface area contributed by atoms with E-state index in [-0.39, 0.29) is 0 Å². The Morgan fingerprint density at radius 1 is 1.20 bits per heavy atom. The van der Waals surface area contributed by atoms with Gasteiger partial charge in [0.15, 0.2) is 0 Å². The van der Waals surface area contributed by atoms with Crippen LogP contribution >= 0.6 is 23.2 Å². The molecule has 0 spiro atoms. The van der Waals surface area contributed by atoms with Gasteiger partial charge < -0.3 is 10.1 Å². The van der Waals surface area contributed by atoms with E-state index in [1.807, 2.05) is 18.2 Å². The van der Waals surface area contributed by atoms with Crippen molar-refractivity contribution < 1.29 is 4.74 Å². The largest absolute Gasteiger partial charge is 0.436 e. The number of benzene rings is 1. The third kappa shape index (κ3) is 3.42. The maximum Gasteiger partial charge on any atom is 0.238 e. The van der Waals surface area contributed by atoms with Crippen LogP contribution in [-0.2, 0) is 6.54 Å². The van der Waals surface area contributed by atoms with Gasteiger partial charge in [0.2, 0.25) is 5.88 Å². The normalized spacial score (nSPS) is 14.3. The Balaban J connectivity index is 1.71. The molecule has 2 aromatic rings. The molecule has 1 aromatic carbocycles. The standard InChI is InChI=1S/C15H14Cl2N2O/c16-12-3-1-2-4-14(12)20-15-13(17)7-10(9-19-15)8-18-11-5-6-11/h1-4,7,9,11,18H,5-6,8H2. The molecule has 0 amide bonds. The lowest BCUT2D eigenvalue weighted by atomic mass is 10.3. The minimum absolute atomic E-state index is 0.370. The molecular formula is C15H14Cl2N2O. The number of hydrogen-bond acceptors (Lipinski definition) is 3. The fourth-order valence-corrected chi connectivity index (χ4v) is 2.22. The maximum absolute atomic E-state index is 6.20. The molecule has 0 unspecified atom stereocenters. The van der Waals surface area contributed by atoms with Crippen molar-refractivity contribution >= 4 is 23.2 Å². The Morgan fingerprint density at radius 2 is 2.00 bits per heavy atom. The first-order valence-electron chi connectivity index (χ1n) is 6.52. The first-order valence-corrected chi connectivity index (χ1v) is 7.28. The first-order chi connectivity index (χ1) is 9.72. The summed E-state index contributed by atoms with van der Waals surface area (Å²) in [6.45, 7) is 0.782. The summed E-state index contributed by atoms with van der Waals surface area (Å²) >= 11 is 12.2. The van der Waals surface area contributed by atoms with Crippen LogP contribution in [0.2, 0.25) is 10.0 Å². The van der Waals surface area contributed by atoms with E-state index in [1.54, 1.807) is 18.3 Å². The van der Waals surface area contributed by atoms with Gasteiger partial charge in [0, 0.05) is 18.8 Å². The summed E-state index contributed by atoms with van der Waals surface area (Å²) < 4.78 is 5.64. The van der Waals surface area contributed by atoms with Crippen molar-refractivity contribution in [1.82, 2.24) is 10.3 Å². The molecule has 0 atom stereocenters. The molecule has 1 saturated carbocycles. The highest BCUT2D eigenvalue weighted by atomic mass is 35.5. The van der Waals surface area contributed by atoms with E-state index in [0.29, 0.717) is 27.7 Å². The highest BCUT2D eigenvalue weighted by Crippen LogP contribution is 2.32. The van der Waals surface area contributed by atoms with Gasteiger partial charge in [-0.3, -0.25) is 0 Å². The van der Waals surface area contributed by atoms with Crippen LogP contribution in [0.1, 0.15) is 18.4 Å². The molecule has 1 aromatic heterocycles. The molecule has 1 aliphatic carbocycles. The molecule has 20 heavy (non-hydrogen) atoms. The van der Waals surface area contributed by atoms with Crippen LogP contribution in [0.5, 0.6) is 11.6 Å². The lowest BCUT2D eigenvalue weighted by Gasteiger charge is -2.09. The predicted molar refractivity (Wildman–Crippen MR) is 80.6 cm³/mol. The van der Waals surface area contributed by atoms with Crippen molar-refractivity contribution in [3.05, 3.63) is 52.1 Å². The third-order valence-electron chi connectivity index (χ3n) is 3.08. The zero-order chi connectivity index (χ0) is 13.9. The average Bonchev–Trinajstić information content (AvgIpc) is 3.26. The van der Waals surface area contributed by atoms with Gasteiger partial charge in [-0.25, -0.2) is 4.98 Å². The van der Waals surface area contributed by atoms with Crippen LogP contribution < -0.4 is 10.1 Å². The molecule has 0 saturated heterocycles. The lowest BCUT2D eigenvalue weighted by Crippen LogP contribution is -2.15. The second-order valence-electron chi connectivity index (χ2n) is 4.82. The van der Waals surface area contributed by atoms with Gasteiger partial charge in [-0.05, 0) is 36.6 Å². The SMILES string of the molecule is Clc1ccccc1Oc1ncc(CNC2CC2)cc1Cl. The molecule has 0 bridgehead atoms. The number of ether oxygens (including phenoxy) is 1. The molecule has 1 N–H and O–H groups in total. The van der Waals surface area contributed by atoms with E-state index in [2.05, 4.69) is 10.3 Å². The van der Waals surface area contributed by atoms with Crippen LogP contribution in [-0.4, -0.2) is 11.0 Å². The van der Waals surface area contributed by atoms with Crippen molar-refractivity contribution in [2.75, 3.05) is 0 Å². The second kappa shape index (κ2) is 6.00. The van der Waals surface area contributed by atoms with E-state index < -0.39 is 0 Å². The molecule has 3 nitrogen and oxygen atoms in total. The quantitative estimate of drug-likeness (QED) is 0.887. The number of rotatable bonds is 5. The van der Waals surface area contributed by atoms with Crippen molar-refractivity contribution in [2.24, 2.45) is 0 Å². The Kier molecular flexibility index (Phi) is 4.10. The van der Waals surface area contributed by atoms with Gasteiger partial charge in [0.25, 0.3) is 0 Å². The molecule has 0 aliphatic heterocycles. The number of hydrogen-bond donors (Lipinski definition) is 1. The Hall–Kier alpha value is -1.29. The number of halogens is 2. The summed E-state index contributed by atoms with van der Waals surface area (Å²) in [7, 11) is 0. The Bertz CT molecular complexity index is 615. The fraction of sp³-hybridized carbons (Fsp3) is 0.267. The van der Waals surface area contributed by atoms with Crippen molar-refractivity contribution in [3.63, 3.8) is 0 Å². The molecule has 3 rings (SSSR count). The number of nitrogens with one attached hydrogen (secondary N) is 1. The zero-order valence-corrected chi connectivity index (χ0v) is 12.3. The smallest absolute Gasteiger partial charge is 0.238 e. The minimum Gasteiger partial charge on any atom is -0.436 e. The van der Waals surface area contributed by atoms with E-state index in [9.17, 15) is 0 Å². The molecule has 0 radical (unpaired) electrons. The third-order valence-corrected chi connectivity index (χ3v) is 3.66. The number of pyridine rings is 1. The molecule has 104 valence electrons. The summed E-state index contributed by atoms with van der Waals surface area (Å²) in [4.78, 5) is 4.26. The van der Waals surface area contributed by atoms with Gasteiger partial charge in [0.05, 0.1) is 5.02 Å². The molecule has 1 fully saturated rings. The molecule has 1 aliphatic rings. The summed E-state index contributed by atoms with van der Waals surface area (Å²) in [6.07, 6.45) is 4.29. The van der Waals surface area contributed by atoms with Gasteiger partial charge in [-0.1, -0.05) is 35.3 Å². The molecule has 5 heteroatoms. The number of nitrogens with zero attached hydrogens (tertiary/aromatic N) is 1. The van der Waals surface area contributed by atoms with Crippen molar-refractivity contribution in [2.45, 2.75) is 25.4 Å². The topological polar surface area (TPSA) is 34.1 Å². The van der Waals surface area contributed by atoms with Crippen molar-refractivity contribution in [1.29, 1.82) is 0 Å². The maximum atomic E-state index is 6.20.